The number of carbonyl (C=O) groups excluding carboxylic acids is 2. The first-order valence-corrected chi connectivity index (χ1v) is 9.03. The van der Waals surface area contributed by atoms with Crippen molar-refractivity contribution in [3.63, 3.8) is 0 Å². The highest BCUT2D eigenvalue weighted by Crippen LogP contribution is 2.37. The third-order valence-electron chi connectivity index (χ3n) is 4.68. The summed E-state index contributed by atoms with van der Waals surface area (Å²) in [6, 6.07) is 7.78. The van der Waals surface area contributed by atoms with E-state index < -0.39 is 11.7 Å². The smallest absolute Gasteiger partial charge is 0.262 e. The number of halogens is 1. The number of benzene rings is 1. The summed E-state index contributed by atoms with van der Waals surface area (Å²) in [4.78, 5) is 28.5. The van der Waals surface area contributed by atoms with Gasteiger partial charge in [0.25, 0.3) is 11.8 Å². The van der Waals surface area contributed by atoms with Crippen molar-refractivity contribution in [1.29, 1.82) is 0 Å². The van der Waals surface area contributed by atoms with Gasteiger partial charge in [-0.2, -0.15) is 0 Å². The minimum absolute atomic E-state index is 0.179. The molecular weight excluding hydrogens is 379 g/mol. The molecule has 3 heterocycles. The molecule has 3 aromatic rings. The first-order chi connectivity index (χ1) is 14.1. The molecule has 0 saturated heterocycles. The van der Waals surface area contributed by atoms with E-state index in [9.17, 15) is 14.0 Å². The number of aromatic nitrogens is 4. The fourth-order valence-corrected chi connectivity index (χ4v) is 3.13. The van der Waals surface area contributed by atoms with E-state index in [0.717, 1.165) is 18.9 Å². The van der Waals surface area contributed by atoms with Crippen LogP contribution in [-0.4, -0.2) is 38.2 Å². The number of anilines is 2. The number of ether oxygens (including phenoxy) is 1. The number of hydrogen-bond acceptors (Lipinski definition) is 6. The van der Waals surface area contributed by atoms with Crippen molar-refractivity contribution >= 4 is 23.3 Å². The van der Waals surface area contributed by atoms with Gasteiger partial charge in [0, 0.05) is 12.1 Å². The van der Waals surface area contributed by atoms with Crippen molar-refractivity contribution in [2.45, 2.75) is 18.9 Å². The Labute approximate surface area is 163 Å². The maximum absolute atomic E-state index is 14.4. The Morgan fingerprint density at radius 1 is 1.31 bits per heavy atom. The van der Waals surface area contributed by atoms with Crippen LogP contribution in [0.1, 0.15) is 29.2 Å². The van der Waals surface area contributed by atoms with Crippen molar-refractivity contribution in [3.8, 4) is 17.3 Å². The maximum Gasteiger partial charge on any atom is 0.262 e. The second kappa shape index (κ2) is 6.66. The molecule has 146 valence electrons. The second-order valence-corrected chi connectivity index (χ2v) is 6.82. The van der Waals surface area contributed by atoms with E-state index in [0.29, 0.717) is 17.6 Å². The lowest BCUT2D eigenvalue weighted by molar-refractivity contribution is -0.118. The van der Waals surface area contributed by atoms with E-state index in [1.807, 2.05) is 4.57 Å². The third-order valence-corrected chi connectivity index (χ3v) is 4.68. The molecule has 9 nitrogen and oxygen atoms in total. The monoisotopic (exact) mass is 394 g/mol. The largest absolute Gasteiger partial charge is 0.481 e. The molecular formula is C19H15FN6O3. The highest BCUT2D eigenvalue weighted by atomic mass is 19.1. The number of fused-ring (bicyclic) bond motifs is 1. The summed E-state index contributed by atoms with van der Waals surface area (Å²) in [6.07, 6.45) is 3.80. The van der Waals surface area contributed by atoms with Crippen molar-refractivity contribution in [3.05, 3.63) is 48.0 Å². The molecule has 29 heavy (non-hydrogen) atoms. The molecule has 1 saturated carbocycles. The van der Waals surface area contributed by atoms with Gasteiger partial charge in [-0.3, -0.25) is 9.59 Å². The molecule has 10 heteroatoms. The minimum Gasteiger partial charge on any atom is -0.481 e. The summed E-state index contributed by atoms with van der Waals surface area (Å²) >= 11 is 0. The van der Waals surface area contributed by atoms with Gasteiger partial charge in [-0.05, 0) is 31.0 Å². The third kappa shape index (κ3) is 3.28. The zero-order chi connectivity index (χ0) is 20.0. The van der Waals surface area contributed by atoms with Crippen LogP contribution in [0.4, 0.5) is 15.9 Å². The quantitative estimate of drug-likeness (QED) is 0.703. The van der Waals surface area contributed by atoms with Gasteiger partial charge in [0.2, 0.25) is 0 Å². The minimum atomic E-state index is -0.762. The number of rotatable bonds is 4. The Morgan fingerprint density at radius 3 is 3.00 bits per heavy atom. The summed E-state index contributed by atoms with van der Waals surface area (Å²) in [7, 11) is 0. The molecule has 1 aliphatic carbocycles. The fourth-order valence-electron chi connectivity index (χ4n) is 3.13. The van der Waals surface area contributed by atoms with Crippen LogP contribution in [0.25, 0.3) is 11.5 Å². The van der Waals surface area contributed by atoms with E-state index in [1.54, 1.807) is 24.5 Å². The lowest BCUT2D eigenvalue weighted by Crippen LogP contribution is -2.26. The fraction of sp³-hybridized carbons (Fsp3) is 0.211. The molecule has 1 fully saturated rings. The van der Waals surface area contributed by atoms with Gasteiger partial charge in [-0.25, -0.2) is 9.37 Å². The van der Waals surface area contributed by atoms with Gasteiger partial charge in [0.05, 0.1) is 11.3 Å². The van der Waals surface area contributed by atoms with E-state index in [4.69, 9.17) is 4.74 Å². The van der Waals surface area contributed by atoms with Crippen LogP contribution >= 0.6 is 0 Å². The van der Waals surface area contributed by atoms with Crippen LogP contribution in [0.2, 0.25) is 0 Å². The SMILES string of the molecule is O=C1COc2cc(F)c(C(=O)Nc3cccc(-c4nncn4C4CC4)n3)cc2N1. The molecule has 1 aliphatic heterocycles. The van der Waals surface area contributed by atoms with Crippen LogP contribution in [0, 0.1) is 5.82 Å². The van der Waals surface area contributed by atoms with Crippen molar-refractivity contribution in [2.24, 2.45) is 0 Å². The maximum atomic E-state index is 14.4. The topological polar surface area (TPSA) is 111 Å². The Balaban J connectivity index is 1.41. The Kier molecular flexibility index (Phi) is 3.97. The standard InChI is InChI=1S/C19H15FN6O3/c20-12-7-15-14(23-17(27)8-29-15)6-11(12)19(28)24-16-3-1-2-13(22-16)18-25-21-9-26(18)10-4-5-10/h1-3,6-7,9-10H,4-5,8H2,(H,23,27)(H,22,24,28). The highest BCUT2D eigenvalue weighted by molar-refractivity contribution is 6.06. The van der Waals surface area contributed by atoms with Gasteiger partial charge in [-0.1, -0.05) is 6.07 Å². The molecule has 0 unspecified atom stereocenters. The average Bonchev–Trinajstić information content (AvgIpc) is 3.44. The zero-order valence-corrected chi connectivity index (χ0v) is 15.1. The number of pyridine rings is 1. The van der Waals surface area contributed by atoms with Gasteiger partial charge in [0.1, 0.15) is 29.4 Å². The van der Waals surface area contributed by atoms with Crippen LogP contribution in [0.3, 0.4) is 0 Å². The molecule has 2 amide bonds. The molecule has 2 N–H and O–H groups in total. The Bertz CT molecular complexity index is 1140. The number of carbonyl (C=O) groups is 2. The van der Waals surface area contributed by atoms with E-state index >= 15 is 0 Å². The summed E-state index contributed by atoms with van der Waals surface area (Å²) in [6.45, 7) is -0.194. The number of nitrogens with zero attached hydrogens (tertiary/aromatic N) is 4. The van der Waals surface area contributed by atoms with Gasteiger partial charge in [-0.15, -0.1) is 10.2 Å². The van der Waals surface area contributed by atoms with Crippen molar-refractivity contribution in [2.75, 3.05) is 17.2 Å². The van der Waals surface area contributed by atoms with E-state index in [1.165, 1.54) is 6.07 Å². The van der Waals surface area contributed by atoms with E-state index in [-0.39, 0.29) is 35.3 Å². The highest BCUT2D eigenvalue weighted by Gasteiger charge is 2.27. The molecule has 2 aromatic heterocycles. The lowest BCUT2D eigenvalue weighted by Gasteiger charge is -2.18. The predicted molar refractivity (Wildman–Crippen MR) is 100 cm³/mol. The zero-order valence-electron chi connectivity index (χ0n) is 15.1. The van der Waals surface area contributed by atoms with Gasteiger partial charge >= 0.3 is 0 Å². The Morgan fingerprint density at radius 2 is 2.17 bits per heavy atom. The summed E-state index contributed by atoms with van der Waals surface area (Å²) < 4.78 is 21.5. The Hall–Kier alpha value is -3.82. The van der Waals surface area contributed by atoms with Crippen LogP contribution < -0.4 is 15.4 Å². The van der Waals surface area contributed by atoms with Gasteiger partial charge < -0.3 is 19.9 Å². The molecule has 5 rings (SSSR count). The molecule has 0 spiro atoms. The van der Waals surface area contributed by atoms with Crippen LogP contribution in [-0.2, 0) is 4.79 Å². The first-order valence-electron chi connectivity index (χ1n) is 9.03. The molecule has 1 aromatic carbocycles. The van der Waals surface area contributed by atoms with Crippen LogP contribution in [0.15, 0.2) is 36.7 Å². The summed E-state index contributed by atoms with van der Waals surface area (Å²) in [5.41, 5.74) is 0.564. The predicted octanol–water partition coefficient (Wildman–Crippen LogP) is 2.40. The van der Waals surface area contributed by atoms with Crippen molar-refractivity contribution in [1.82, 2.24) is 19.7 Å². The number of amides is 2. The molecule has 0 radical (unpaired) electrons. The summed E-state index contributed by atoms with van der Waals surface area (Å²) in [5, 5.41) is 13.2. The second-order valence-electron chi connectivity index (χ2n) is 6.82. The average molecular weight is 394 g/mol. The normalized spacial score (nSPS) is 15.3. The number of nitrogens with one attached hydrogen (secondary N) is 2. The summed E-state index contributed by atoms with van der Waals surface area (Å²) in [5.74, 6) is -0.790. The van der Waals surface area contributed by atoms with E-state index in [2.05, 4.69) is 25.8 Å². The lowest BCUT2D eigenvalue weighted by atomic mass is 10.1. The van der Waals surface area contributed by atoms with Crippen LogP contribution in [0.5, 0.6) is 5.75 Å². The molecule has 2 aliphatic rings. The van der Waals surface area contributed by atoms with Crippen molar-refractivity contribution < 1.29 is 18.7 Å². The van der Waals surface area contributed by atoms with Gasteiger partial charge in [0.15, 0.2) is 12.4 Å². The first kappa shape index (κ1) is 17.3. The number of hydrogen-bond donors (Lipinski definition) is 2. The molecule has 0 atom stereocenters. The molecule has 0 bridgehead atoms.